The third kappa shape index (κ3) is 4.36. The van der Waals surface area contributed by atoms with Crippen LogP contribution in [0.25, 0.3) is 0 Å². The van der Waals surface area contributed by atoms with Crippen LogP contribution in [0.1, 0.15) is 56.7 Å². The molecule has 0 unspecified atom stereocenters. The molecule has 1 aliphatic rings. The highest BCUT2D eigenvalue weighted by molar-refractivity contribution is 5.29. The van der Waals surface area contributed by atoms with Gasteiger partial charge in [-0.05, 0) is 54.5 Å². The first kappa shape index (κ1) is 19.1. The number of hydrogen-bond donors (Lipinski definition) is 1. The molecule has 2 heteroatoms. The Morgan fingerprint density at radius 1 is 1.00 bits per heavy atom. The van der Waals surface area contributed by atoms with Crippen LogP contribution in [-0.2, 0) is 22.2 Å². The summed E-state index contributed by atoms with van der Waals surface area (Å²) in [5.41, 5.74) is 4.47. The summed E-state index contributed by atoms with van der Waals surface area (Å²) in [6.45, 7) is 10.5. The van der Waals surface area contributed by atoms with Crippen molar-refractivity contribution in [2.75, 3.05) is 19.7 Å². The topological polar surface area (TPSA) is 21.3 Å². The largest absolute Gasteiger partial charge is 0.376 e. The highest BCUT2D eigenvalue weighted by atomic mass is 16.5. The Kier molecular flexibility index (Phi) is 6.16. The third-order valence-electron chi connectivity index (χ3n) is 6.19. The van der Waals surface area contributed by atoms with Crippen molar-refractivity contribution >= 4 is 0 Å². The Morgan fingerprint density at radius 2 is 1.73 bits per heavy atom. The lowest BCUT2D eigenvalue weighted by atomic mass is 9.74. The molecule has 0 radical (unpaired) electrons. The fourth-order valence-corrected chi connectivity index (χ4v) is 3.86. The molecule has 0 saturated carbocycles. The minimum Gasteiger partial charge on any atom is -0.376 e. The number of benzene rings is 2. The standard InChI is InChI=1S/C24H33NO/c1-4-23(2,3)22-12-8-9-20(17-22)18-26-19-24(13-15-25-16-14-24)21-10-6-5-7-11-21/h5-12,17,25H,4,13-16,18-19H2,1-3H3. The highest BCUT2D eigenvalue weighted by Crippen LogP contribution is 2.34. The van der Waals surface area contributed by atoms with Crippen molar-refractivity contribution in [3.05, 3.63) is 71.3 Å². The summed E-state index contributed by atoms with van der Waals surface area (Å²) in [6.07, 6.45) is 3.42. The van der Waals surface area contributed by atoms with Gasteiger partial charge < -0.3 is 10.1 Å². The maximum Gasteiger partial charge on any atom is 0.0717 e. The van der Waals surface area contributed by atoms with Gasteiger partial charge in [0.15, 0.2) is 0 Å². The van der Waals surface area contributed by atoms with Gasteiger partial charge in [0.25, 0.3) is 0 Å². The van der Waals surface area contributed by atoms with E-state index in [1.807, 2.05) is 0 Å². The van der Waals surface area contributed by atoms with Crippen molar-refractivity contribution in [2.45, 2.75) is 57.5 Å². The summed E-state index contributed by atoms with van der Waals surface area (Å²) in [6, 6.07) is 19.8. The van der Waals surface area contributed by atoms with Crippen LogP contribution in [-0.4, -0.2) is 19.7 Å². The van der Waals surface area contributed by atoms with Gasteiger partial charge in [-0.1, -0.05) is 75.4 Å². The van der Waals surface area contributed by atoms with E-state index >= 15 is 0 Å². The molecule has 0 amide bonds. The molecule has 3 rings (SSSR count). The fraction of sp³-hybridized carbons (Fsp3) is 0.500. The van der Waals surface area contributed by atoms with Gasteiger partial charge in [0.1, 0.15) is 0 Å². The molecule has 1 N–H and O–H groups in total. The monoisotopic (exact) mass is 351 g/mol. The van der Waals surface area contributed by atoms with Crippen molar-refractivity contribution < 1.29 is 4.74 Å². The molecule has 26 heavy (non-hydrogen) atoms. The number of hydrogen-bond acceptors (Lipinski definition) is 2. The Hall–Kier alpha value is -1.64. The summed E-state index contributed by atoms with van der Waals surface area (Å²) in [7, 11) is 0. The molecular weight excluding hydrogens is 318 g/mol. The van der Waals surface area contributed by atoms with Crippen molar-refractivity contribution in [1.29, 1.82) is 0 Å². The second-order valence-electron chi connectivity index (χ2n) is 8.33. The van der Waals surface area contributed by atoms with Gasteiger partial charge in [-0.3, -0.25) is 0 Å². The van der Waals surface area contributed by atoms with Crippen molar-refractivity contribution in [3.63, 3.8) is 0 Å². The lowest BCUT2D eigenvalue weighted by Gasteiger charge is -2.38. The van der Waals surface area contributed by atoms with Gasteiger partial charge in [-0.15, -0.1) is 0 Å². The predicted octanol–water partition coefficient (Wildman–Crippen LogP) is 5.21. The van der Waals surface area contributed by atoms with Crippen LogP contribution in [0.4, 0.5) is 0 Å². The Labute approximate surface area is 159 Å². The van der Waals surface area contributed by atoms with Gasteiger partial charge in [-0.2, -0.15) is 0 Å². The average Bonchev–Trinajstić information content (AvgIpc) is 2.70. The van der Waals surface area contributed by atoms with E-state index in [2.05, 4.69) is 80.7 Å². The summed E-state index contributed by atoms with van der Waals surface area (Å²) in [4.78, 5) is 0. The summed E-state index contributed by atoms with van der Waals surface area (Å²) < 4.78 is 6.29. The van der Waals surface area contributed by atoms with Gasteiger partial charge in [-0.25, -0.2) is 0 Å². The van der Waals surface area contributed by atoms with E-state index in [4.69, 9.17) is 4.74 Å². The number of rotatable bonds is 7. The van der Waals surface area contributed by atoms with Crippen LogP contribution in [0, 0.1) is 0 Å². The molecule has 0 bridgehead atoms. The number of nitrogens with one attached hydrogen (secondary N) is 1. The molecule has 0 aromatic heterocycles. The molecule has 1 saturated heterocycles. The summed E-state index contributed by atoms with van der Waals surface area (Å²) in [5, 5.41) is 3.49. The van der Waals surface area contributed by atoms with Gasteiger partial charge >= 0.3 is 0 Å². The van der Waals surface area contributed by atoms with Gasteiger partial charge in [0, 0.05) is 5.41 Å². The highest BCUT2D eigenvalue weighted by Gasteiger charge is 2.34. The number of ether oxygens (including phenoxy) is 1. The van der Waals surface area contributed by atoms with E-state index in [0.29, 0.717) is 6.61 Å². The van der Waals surface area contributed by atoms with Crippen LogP contribution < -0.4 is 5.32 Å². The lowest BCUT2D eigenvalue weighted by molar-refractivity contribution is 0.0564. The zero-order valence-corrected chi connectivity index (χ0v) is 16.6. The smallest absolute Gasteiger partial charge is 0.0717 e. The molecule has 1 aliphatic heterocycles. The zero-order valence-electron chi connectivity index (χ0n) is 16.6. The first-order chi connectivity index (χ1) is 12.6. The maximum absolute atomic E-state index is 6.29. The minimum absolute atomic E-state index is 0.146. The summed E-state index contributed by atoms with van der Waals surface area (Å²) >= 11 is 0. The molecule has 140 valence electrons. The summed E-state index contributed by atoms with van der Waals surface area (Å²) in [5.74, 6) is 0. The van der Waals surface area contributed by atoms with E-state index in [1.165, 1.54) is 16.7 Å². The molecule has 0 aliphatic carbocycles. The first-order valence-corrected chi connectivity index (χ1v) is 9.99. The van der Waals surface area contributed by atoms with Crippen LogP contribution in [0.3, 0.4) is 0 Å². The van der Waals surface area contributed by atoms with E-state index in [0.717, 1.165) is 39.0 Å². The first-order valence-electron chi connectivity index (χ1n) is 9.99. The van der Waals surface area contributed by atoms with Crippen molar-refractivity contribution in [2.24, 2.45) is 0 Å². The van der Waals surface area contributed by atoms with Crippen molar-refractivity contribution in [3.8, 4) is 0 Å². The second-order valence-corrected chi connectivity index (χ2v) is 8.33. The normalized spacial score (nSPS) is 17.2. The SMILES string of the molecule is CCC(C)(C)c1cccc(COCC2(c3ccccc3)CCNCC2)c1. The molecular formula is C24H33NO. The maximum atomic E-state index is 6.29. The van der Waals surface area contributed by atoms with Crippen LogP contribution in [0.15, 0.2) is 54.6 Å². The van der Waals surface area contributed by atoms with E-state index < -0.39 is 0 Å². The fourth-order valence-electron chi connectivity index (χ4n) is 3.86. The quantitative estimate of drug-likeness (QED) is 0.739. The van der Waals surface area contributed by atoms with Gasteiger partial charge in [0.05, 0.1) is 13.2 Å². The lowest BCUT2D eigenvalue weighted by Crippen LogP contribution is -2.43. The van der Waals surface area contributed by atoms with Crippen molar-refractivity contribution in [1.82, 2.24) is 5.32 Å². The number of piperidine rings is 1. The second kappa shape index (κ2) is 8.37. The molecule has 2 aromatic rings. The van der Waals surface area contributed by atoms with Crippen LogP contribution >= 0.6 is 0 Å². The average molecular weight is 352 g/mol. The Morgan fingerprint density at radius 3 is 2.42 bits per heavy atom. The zero-order chi connectivity index (χ0) is 18.5. The predicted molar refractivity (Wildman–Crippen MR) is 110 cm³/mol. The molecule has 2 nitrogen and oxygen atoms in total. The van der Waals surface area contributed by atoms with Crippen LogP contribution in [0.5, 0.6) is 0 Å². The van der Waals surface area contributed by atoms with E-state index in [-0.39, 0.29) is 10.8 Å². The van der Waals surface area contributed by atoms with Gasteiger partial charge in [0.2, 0.25) is 0 Å². The minimum atomic E-state index is 0.146. The van der Waals surface area contributed by atoms with Crippen LogP contribution in [0.2, 0.25) is 0 Å². The third-order valence-corrected chi connectivity index (χ3v) is 6.19. The Balaban J connectivity index is 1.68. The molecule has 0 atom stereocenters. The molecule has 1 fully saturated rings. The molecule has 0 spiro atoms. The van der Waals surface area contributed by atoms with E-state index in [1.54, 1.807) is 0 Å². The molecule has 1 heterocycles. The molecule has 2 aromatic carbocycles. The Bertz CT molecular complexity index is 686. The van der Waals surface area contributed by atoms with E-state index in [9.17, 15) is 0 Å².